The maximum absolute atomic E-state index is 12.7. The van der Waals surface area contributed by atoms with Crippen LogP contribution in [0.25, 0.3) is 0 Å². The van der Waals surface area contributed by atoms with Gasteiger partial charge in [-0.1, -0.05) is 30.5 Å². The Morgan fingerprint density at radius 3 is 2.33 bits per heavy atom. The van der Waals surface area contributed by atoms with Gasteiger partial charge in [-0.25, -0.2) is 13.6 Å². The van der Waals surface area contributed by atoms with Gasteiger partial charge in [0.05, 0.1) is 4.75 Å². The van der Waals surface area contributed by atoms with Crippen LogP contribution in [-0.2, 0) is 9.59 Å². The fourth-order valence-electron chi connectivity index (χ4n) is 2.84. The van der Waals surface area contributed by atoms with Crippen molar-refractivity contribution in [3.05, 3.63) is 29.8 Å². The molecule has 1 aliphatic carbocycles. The van der Waals surface area contributed by atoms with Crippen molar-refractivity contribution in [1.82, 2.24) is 5.32 Å². The number of carbonyl (C=O) groups excluding carboxylic acids is 1. The van der Waals surface area contributed by atoms with Crippen LogP contribution in [0.15, 0.2) is 29.2 Å². The first-order chi connectivity index (χ1) is 11.3. The molecule has 0 heterocycles. The van der Waals surface area contributed by atoms with Gasteiger partial charge in [-0.15, -0.1) is 11.8 Å². The highest BCUT2D eigenvalue weighted by atomic mass is 32.2. The smallest absolute Gasteiger partial charge is 0.326 e. The van der Waals surface area contributed by atoms with Gasteiger partial charge >= 0.3 is 5.97 Å². The minimum absolute atomic E-state index is 0.460. The second-order valence-electron chi connectivity index (χ2n) is 6.11. The van der Waals surface area contributed by atoms with Gasteiger partial charge in [0.25, 0.3) is 0 Å². The average molecular weight is 357 g/mol. The van der Waals surface area contributed by atoms with Crippen LogP contribution >= 0.6 is 11.8 Å². The molecule has 1 atom stereocenters. The molecule has 0 aliphatic heterocycles. The number of thioether (sulfide) groups is 1. The SMILES string of the molecule is Cc1ccc(SC2(C(=O)NC(CC(F)F)C(=O)O)CCCC2)cc1. The predicted octanol–water partition coefficient (Wildman–Crippen LogP) is 3.62. The van der Waals surface area contributed by atoms with Crippen LogP contribution in [0.5, 0.6) is 0 Å². The molecule has 0 radical (unpaired) electrons. The van der Waals surface area contributed by atoms with E-state index in [1.165, 1.54) is 11.8 Å². The number of hydrogen-bond acceptors (Lipinski definition) is 3. The number of halogens is 2. The minimum atomic E-state index is -2.78. The van der Waals surface area contributed by atoms with Gasteiger partial charge < -0.3 is 10.4 Å². The van der Waals surface area contributed by atoms with E-state index >= 15 is 0 Å². The van der Waals surface area contributed by atoms with Gasteiger partial charge in [-0.2, -0.15) is 0 Å². The van der Waals surface area contributed by atoms with Crippen molar-refractivity contribution in [2.24, 2.45) is 0 Å². The molecule has 4 nitrogen and oxygen atoms in total. The van der Waals surface area contributed by atoms with Gasteiger partial charge in [0.2, 0.25) is 12.3 Å². The predicted molar refractivity (Wildman–Crippen MR) is 88.4 cm³/mol. The number of amides is 1. The molecular formula is C17H21F2NO3S. The van der Waals surface area contributed by atoms with E-state index in [-0.39, 0.29) is 0 Å². The van der Waals surface area contributed by atoms with Crippen LogP contribution in [0.2, 0.25) is 0 Å². The Morgan fingerprint density at radius 2 is 1.83 bits per heavy atom. The summed E-state index contributed by atoms with van der Waals surface area (Å²) in [7, 11) is 0. The first-order valence-corrected chi connectivity index (χ1v) is 8.72. The number of carboxylic acids is 1. The highest BCUT2D eigenvalue weighted by molar-refractivity contribution is 8.01. The van der Waals surface area contributed by atoms with E-state index in [1.54, 1.807) is 0 Å². The molecule has 2 N–H and O–H groups in total. The van der Waals surface area contributed by atoms with Gasteiger partial charge in [0, 0.05) is 11.3 Å². The Labute approximate surface area is 144 Å². The highest BCUT2D eigenvalue weighted by Gasteiger charge is 2.43. The standard InChI is InChI=1S/C17H21F2NO3S/c1-11-4-6-12(7-5-11)24-17(8-2-3-9-17)16(23)20-13(15(21)22)10-14(18)19/h4-7,13-14H,2-3,8-10H2,1H3,(H,20,23)(H,21,22). The summed E-state index contributed by atoms with van der Waals surface area (Å²) in [4.78, 5) is 24.7. The quantitative estimate of drug-likeness (QED) is 0.782. The van der Waals surface area contributed by atoms with E-state index < -0.39 is 35.5 Å². The third-order valence-electron chi connectivity index (χ3n) is 4.18. The summed E-state index contributed by atoms with van der Waals surface area (Å²) < 4.78 is 24.3. The fourth-order valence-corrected chi connectivity index (χ4v) is 4.21. The van der Waals surface area contributed by atoms with Gasteiger partial charge in [-0.3, -0.25) is 4.79 Å². The number of nitrogens with one attached hydrogen (secondary N) is 1. The van der Waals surface area contributed by atoms with Gasteiger partial charge in [-0.05, 0) is 31.9 Å². The van der Waals surface area contributed by atoms with Crippen molar-refractivity contribution in [3.63, 3.8) is 0 Å². The molecule has 2 rings (SSSR count). The maximum atomic E-state index is 12.7. The van der Waals surface area contributed by atoms with Crippen molar-refractivity contribution >= 4 is 23.6 Å². The van der Waals surface area contributed by atoms with Crippen molar-refractivity contribution in [3.8, 4) is 0 Å². The lowest BCUT2D eigenvalue weighted by Crippen LogP contribution is -2.50. The number of hydrogen-bond donors (Lipinski definition) is 2. The van der Waals surface area contributed by atoms with E-state index in [0.29, 0.717) is 12.8 Å². The molecule has 1 amide bonds. The molecular weight excluding hydrogens is 336 g/mol. The molecule has 0 saturated heterocycles. The number of aliphatic carboxylic acids is 1. The summed E-state index contributed by atoms with van der Waals surface area (Å²) in [6.45, 7) is 1.97. The molecule has 24 heavy (non-hydrogen) atoms. The summed E-state index contributed by atoms with van der Waals surface area (Å²) in [5, 5.41) is 11.4. The van der Waals surface area contributed by atoms with Crippen LogP contribution in [-0.4, -0.2) is 34.2 Å². The van der Waals surface area contributed by atoms with Crippen molar-refractivity contribution in [2.45, 2.75) is 61.1 Å². The summed E-state index contributed by atoms with van der Waals surface area (Å²) >= 11 is 1.40. The van der Waals surface area contributed by atoms with E-state index in [9.17, 15) is 18.4 Å². The van der Waals surface area contributed by atoms with E-state index in [4.69, 9.17) is 5.11 Å². The maximum Gasteiger partial charge on any atom is 0.326 e. The molecule has 1 saturated carbocycles. The largest absolute Gasteiger partial charge is 0.480 e. The van der Waals surface area contributed by atoms with E-state index in [2.05, 4.69) is 5.32 Å². The zero-order valence-electron chi connectivity index (χ0n) is 13.4. The van der Waals surface area contributed by atoms with Crippen LogP contribution < -0.4 is 5.32 Å². The zero-order valence-corrected chi connectivity index (χ0v) is 14.2. The Hall–Kier alpha value is -1.63. The Kier molecular flexibility index (Phi) is 6.21. The topological polar surface area (TPSA) is 66.4 Å². The molecule has 7 heteroatoms. The lowest BCUT2D eigenvalue weighted by molar-refractivity contribution is -0.143. The van der Waals surface area contributed by atoms with Crippen molar-refractivity contribution < 1.29 is 23.5 Å². The van der Waals surface area contributed by atoms with E-state index in [1.807, 2.05) is 31.2 Å². The van der Waals surface area contributed by atoms with Gasteiger partial charge in [0.15, 0.2) is 0 Å². The first kappa shape index (κ1) is 18.7. The summed E-state index contributed by atoms with van der Waals surface area (Å²) in [5.74, 6) is -1.89. The number of alkyl halides is 2. The lowest BCUT2D eigenvalue weighted by atomic mass is 10.1. The van der Waals surface area contributed by atoms with Crippen molar-refractivity contribution in [1.29, 1.82) is 0 Å². The van der Waals surface area contributed by atoms with Gasteiger partial charge in [0.1, 0.15) is 6.04 Å². The third-order valence-corrected chi connectivity index (χ3v) is 5.67. The number of carboxylic acid groups (broad SMARTS) is 1. The molecule has 1 aliphatic rings. The first-order valence-electron chi connectivity index (χ1n) is 7.90. The number of aryl methyl sites for hydroxylation is 1. The second-order valence-corrected chi connectivity index (χ2v) is 7.56. The van der Waals surface area contributed by atoms with Crippen LogP contribution in [0, 0.1) is 6.92 Å². The Bertz CT molecular complexity index is 586. The second kappa shape index (κ2) is 7.96. The highest BCUT2D eigenvalue weighted by Crippen LogP contribution is 2.45. The number of rotatable bonds is 7. The molecule has 1 aromatic carbocycles. The average Bonchev–Trinajstić information content (AvgIpc) is 2.98. The Morgan fingerprint density at radius 1 is 1.25 bits per heavy atom. The molecule has 0 spiro atoms. The summed E-state index contributed by atoms with van der Waals surface area (Å²) in [6.07, 6.45) is -0.725. The number of benzene rings is 1. The Balaban J connectivity index is 2.14. The van der Waals surface area contributed by atoms with E-state index in [0.717, 1.165) is 23.3 Å². The van der Waals surface area contributed by atoms with Crippen molar-refractivity contribution in [2.75, 3.05) is 0 Å². The normalized spacial score (nSPS) is 17.7. The monoisotopic (exact) mass is 357 g/mol. The van der Waals surface area contributed by atoms with Crippen LogP contribution in [0.4, 0.5) is 8.78 Å². The fraction of sp³-hybridized carbons (Fsp3) is 0.529. The minimum Gasteiger partial charge on any atom is -0.480 e. The van der Waals surface area contributed by atoms with Crippen LogP contribution in [0.3, 0.4) is 0 Å². The molecule has 1 aromatic rings. The zero-order chi connectivity index (χ0) is 17.7. The number of carbonyl (C=O) groups is 2. The lowest BCUT2D eigenvalue weighted by Gasteiger charge is -2.29. The molecule has 132 valence electrons. The molecule has 1 unspecified atom stereocenters. The molecule has 1 fully saturated rings. The molecule has 0 bridgehead atoms. The molecule has 0 aromatic heterocycles. The third kappa shape index (κ3) is 4.69. The summed E-state index contributed by atoms with van der Waals surface area (Å²) in [6, 6.07) is 6.16. The summed E-state index contributed by atoms with van der Waals surface area (Å²) in [5.41, 5.74) is 1.10. The van der Waals surface area contributed by atoms with Crippen LogP contribution in [0.1, 0.15) is 37.7 Å².